The average molecular weight is 495 g/mol. The largest absolute Gasteiger partial charge is 0.455 e. The second kappa shape index (κ2) is 13.4. The van der Waals surface area contributed by atoms with Gasteiger partial charge in [0.2, 0.25) is 0 Å². The third-order valence-electron chi connectivity index (χ3n) is 6.45. The molecule has 1 saturated heterocycles. The molecule has 0 bridgehead atoms. The second-order valence-corrected chi connectivity index (χ2v) is 8.72. The number of esters is 2. The molecule has 36 heavy (non-hydrogen) atoms. The van der Waals surface area contributed by atoms with Gasteiger partial charge >= 0.3 is 11.9 Å². The van der Waals surface area contributed by atoms with E-state index in [1.165, 1.54) is 0 Å². The molecule has 3 rings (SSSR count). The van der Waals surface area contributed by atoms with Crippen molar-refractivity contribution >= 4 is 23.8 Å². The number of piperazine rings is 1. The normalized spacial score (nSPS) is 15.1. The van der Waals surface area contributed by atoms with E-state index in [2.05, 4.69) is 0 Å². The van der Waals surface area contributed by atoms with Crippen molar-refractivity contribution in [2.75, 3.05) is 39.4 Å². The van der Waals surface area contributed by atoms with Gasteiger partial charge in [-0.15, -0.1) is 0 Å². The Morgan fingerprint density at radius 3 is 1.28 bits per heavy atom. The maximum Gasteiger partial charge on any atom is 0.313 e. The van der Waals surface area contributed by atoms with Gasteiger partial charge < -0.3 is 19.3 Å². The minimum absolute atomic E-state index is 0.293. The van der Waals surface area contributed by atoms with Crippen molar-refractivity contribution < 1.29 is 28.7 Å². The maximum atomic E-state index is 12.6. The van der Waals surface area contributed by atoms with Crippen LogP contribution >= 0.6 is 0 Å². The van der Waals surface area contributed by atoms with E-state index in [9.17, 15) is 19.2 Å². The molecule has 192 valence electrons. The number of hydrogen-bond acceptors (Lipinski definition) is 6. The first-order valence-corrected chi connectivity index (χ1v) is 12.4. The van der Waals surface area contributed by atoms with Gasteiger partial charge in [-0.3, -0.25) is 19.2 Å². The van der Waals surface area contributed by atoms with Crippen LogP contribution in [0.5, 0.6) is 0 Å². The zero-order chi connectivity index (χ0) is 25.9. The van der Waals surface area contributed by atoms with Crippen molar-refractivity contribution in [3.8, 4) is 0 Å². The Labute approximate surface area is 212 Å². The molecule has 1 aliphatic rings. The van der Waals surface area contributed by atoms with E-state index in [1.54, 1.807) is 9.80 Å². The lowest BCUT2D eigenvalue weighted by Crippen LogP contribution is -2.52. The van der Waals surface area contributed by atoms with Gasteiger partial charge in [-0.05, 0) is 24.0 Å². The topological polar surface area (TPSA) is 93.2 Å². The number of nitrogens with zero attached hydrogens (tertiary/aromatic N) is 2. The summed E-state index contributed by atoms with van der Waals surface area (Å²) >= 11 is 0. The Hall–Kier alpha value is -3.68. The molecule has 0 spiro atoms. The molecule has 0 aliphatic carbocycles. The highest BCUT2D eigenvalue weighted by Crippen LogP contribution is 2.22. The van der Waals surface area contributed by atoms with Crippen molar-refractivity contribution in [1.29, 1.82) is 0 Å². The summed E-state index contributed by atoms with van der Waals surface area (Å²) < 4.78 is 10.6. The van der Waals surface area contributed by atoms with Gasteiger partial charge in [0.25, 0.3) is 11.8 Å². The summed E-state index contributed by atoms with van der Waals surface area (Å²) in [4.78, 5) is 53.3. The van der Waals surface area contributed by atoms with Gasteiger partial charge in [0.05, 0.1) is 11.8 Å². The third kappa shape index (κ3) is 7.16. The smallest absolute Gasteiger partial charge is 0.313 e. The molecule has 0 unspecified atom stereocenters. The highest BCUT2D eigenvalue weighted by molar-refractivity contribution is 5.85. The lowest BCUT2D eigenvalue weighted by Gasteiger charge is -2.34. The van der Waals surface area contributed by atoms with Crippen molar-refractivity contribution in [1.82, 2.24) is 9.80 Å². The van der Waals surface area contributed by atoms with Crippen molar-refractivity contribution in [2.45, 2.75) is 38.5 Å². The van der Waals surface area contributed by atoms with Crippen molar-refractivity contribution in [3.63, 3.8) is 0 Å². The molecule has 2 aromatic rings. The van der Waals surface area contributed by atoms with Crippen LogP contribution in [-0.2, 0) is 28.7 Å². The average Bonchev–Trinajstić information content (AvgIpc) is 2.92. The van der Waals surface area contributed by atoms with Crippen LogP contribution in [0.1, 0.15) is 49.7 Å². The molecule has 0 aromatic heterocycles. The minimum Gasteiger partial charge on any atom is -0.455 e. The molecule has 0 saturated carbocycles. The number of ether oxygens (including phenoxy) is 2. The van der Waals surface area contributed by atoms with E-state index in [-0.39, 0.29) is 25.0 Å². The Morgan fingerprint density at radius 2 is 0.972 bits per heavy atom. The number of carbonyl (C=O) groups is 4. The highest BCUT2D eigenvalue weighted by Gasteiger charge is 2.28. The lowest BCUT2D eigenvalue weighted by atomic mass is 9.97. The summed E-state index contributed by atoms with van der Waals surface area (Å²) in [5.41, 5.74) is 1.72. The van der Waals surface area contributed by atoms with Crippen LogP contribution in [0.15, 0.2) is 60.7 Å². The van der Waals surface area contributed by atoms with Crippen LogP contribution in [0.25, 0.3) is 0 Å². The fourth-order valence-electron chi connectivity index (χ4n) is 4.30. The van der Waals surface area contributed by atoms with Gasteiger partial charge in [0.15, 0.2) is 13.2 Å². The van der Waals surface area contributed by atoms with Gasteiger partial charge in [0, 0.05) is 26.2 Å². The molecule has 0 N–H and O–H groups in total. The number of amides is 2. The first-order valence-electron chi connectivity index (χ1n) is 12.4. The molecule has 0 radical (unpaired) electrons. The highest BCUT2D eigenvalue weighted by atomic mass is 16.5. The first kappa shape index (κ1) is 26.9. The van der Waals surface area contributed by atoms with E-state index in [1.807, 2.05) is 74.5 Å². The predicted molar refractivity (Wildman–Crippen MR) is 134 cm³/mol. The van der Waals surface area contributed by atoms with Crippen molar-refractivity contribution in [2.24, 2.45) is 0 Å². The van der Waals surface area contributed by atoms with E-state index >= 15 is 0 Å². The molecule has 2 atom stereocenters. The summed E-state index contributed by atoms with van der Waals surface area (Å²) in [6.07, 6.45) is 1.15. The second-order valence-electron chi connectivity index (χ2n) is 8.72. The SMILES string of the molecule is CC[C@H](C(=O)OCC(=O)N1CCN(C(=O)COC(=O)[C@H](CC)c2ccccc2)CC1)c1ccccc1. The Morgan fingerprint density at radius 1 is 0.639 bits per heavy atom. The molecule has 1 heterocycles. The van der Waals surface area contributed by atoms with Crippen LogP contribution < -0.4 is 0 Å². The van der Waals surface area contributed by atoms with Gasteiger partial charge in [-0.2, -0.15) is 0 Å². The molecule has 1 aliphatic heterocycles. The van der Waals surface area contributed by atoms with Gasteiger partial charge in [-0.25, -0.2) is 0 Å². The predicted octanol–water partition coefficient (Wildman–Crippen LogP) is 3.13. The standard InChI is InChI=1S/C28H34N2O6/c1-3-23(21-11-7-5-8-12-21)27(33)35-19-25(31)29-15-17-30(18-16-29)26(32)20-36-28(34)24(4-2)22-13-9-6-10-14-22/h5-14,23-24H,3-4,15-20H2,1-2H3/t23-,24+. The maximum absolute atomic E-state index is 12.6. The number of rotatable bonds is 10. The number of carbonyl (C=O) groups excluding carboxylic acids is 4. The minimum atomic E-state index is -0.423. The molecule has 8 nitrogen and oxygen atoms in total. The van der Waals surface area contributed by atoms with Gasteiger partial charge in [-0.1, -0.05) is 74.5 Å². The fourth-order valence-corrected chi connectivity index (χ4v) is 4.30. The molecule has 8 heteroatoms. The Bertz CT molecular complexity index is 935. The summed E-state index contributed by atoms with van der Waals surface area (Å²) in [5.74, 6) is -2.25. The van der Waals surface area contributed by atoms with Crippen LogP contribution in [0.4, 0.5) is 0 Å². The molecule has 2 amide bonds. The summed E-state index contributed by atoms with van der Waals surface area (Å²) in [5, 5.41) is 0. The van der Waals surface area contributed by atoms with E-state index < -0.39 is 23.8 Å². The number of hydrogen-bond donors (Lipinski definition) is 0. The van der Waals surface area contributed by atoms with Crippen LogP contribution in [0.3, 0.4) is 0 Å². The van der Waals surface area contributed by atoms with Crippen LogP contribution in [0.2, 0.25) is 0 Å². The van der Waals surface area contributed by atoms with E-state index in [0.29, 0.717) is 39.0 Å². The van der Waals surface area contributed by atoms with Crippen LogP contribution in [0, 0.1) is 0 Å². The van der Waals surface area contributed by atoms with E-state index in [4.69, 9.17) is 9.47 Å². The fraction of sp³-hybridized carbons (Fsp3) is 0.429. The summed E-state index contributed by atoms with van der Waals surface area (Å²) in [6.45, 7) is 4.45. The quantitative estimate of drug-likeness (QED) is 0.471. The zero-order valence-corrected chi connectivity index (χ0v) is 20.9. The molecule has 1 fully saturated rings. The lowest BCUT2D eigenvalue weighted by molar-refractivity contribution is -0.156. The molecule has 2 aromatic carbocycles. The third-order valence-corrected chi connectivity index (χ3v) is 6.45. The Kier molecular flexibility index (Phi) is 10.0. The Balaban J connectivity index is 1.41. The first-order chi connectivity index (χ1) is 17.4. The number of benzene rings is 2. The molecular weight excluding hydrogens is 460 g/mol. The summed E-state index contributed by atoms with van der Waals surface area (Å²) in [6, 6.07) is 18.7. The van der Waals surface area contributed by atoms with Crippen molar-refractivity contribution in [3.05, 3.63) is 71.8 Å². The summed E-state index contributed by atoms with van der Waals surface area (Å²) in [7, 11) is 0. The van der Waals surface area contributed by atoms with Crippen LogP contribution in [-0.4, -0.2) is 72.9 Å². The monoisotopic (exact) mass is 494 g/mol. The molecular formula is C28H34N2O6. The van der Waals surface area contributed by atoms with Gasteiger partial charge in [0.1, 0.15) is 0 Å². The van der Waals surface area contributed by atoms with E-state index in [0.717, 1.165) is 11.1 Å². The zero-order valence-electron chi connectivity index (χ0n) is 20.9.